The molecule has 0 aromatic carbocycles. The second-order valence-corrected chi connectivity index (χ2v) is 3.51. The summed E-state index contributed by atoms with van der Waals surface area (Å²) in [6.45, 7) is 0.653. The fourth-order valence-electron chi connectivity index (χ4n) is 1.56. The highest BCUT2D eigenvalue weighted by Crippen LogP contribution is 2.06. The van der Waals surface area contributed by atoms with Crippen molar-refractivity contribution in [3.05, 3.63) is 48.7 Å². The lowest BCUT2D eigenvalue weighted by atomic mass is 10.3. The molecule has 3 aromatic rings. The van der Waals surface area contributed by atoms with Crippen LogP contribution in [0.3, 0.4) is 0 Å². The van der Waals surface area contributed by atoms with Crippen LogP contribution < -0.4 is 5.32 Å². The van der Waals surface area contributed by atoms with Crippen molar-refractivity contribution in [1.82, 2.24) is 24.6 Å². The number of pyridine rings is 1. The lowest BCUT2D eigenvalue weighted by molar-refractivity contribution is 0.880. The van der Waals surface area contributed by atoms with Gasteiger partial charge in [0.2, 0.25) is 5.95 Å². The smallest absolute Gasteiger partial charge is 0.227 e. The van der Waals surface area contributed by atoms with Gasteiger partial charge >= 0.3 is 0 Å². The quantitative estimate of drug-likeness (QED) is 0.725. The molecule has 3 rings (SSSR count). The van der Waals surface area contributed by atoms with E-state index in [1.165, 1.54) is 6.33 Å². The van der Waals surface area contributed by atoms with Crippen LogP contribution in [0.1, 0.15) is 5.56 Å². The molecule has 3 heterocycles. The van der Waals surface area contributed by atoms with E-state index in [0.717, 1.165) is 11.2 Å². The number of hydrogen-bond acceptors (Lipinski definition) is 5. The van der Waals surface area contributed by atoms with Gasteiger partial charge in [-0.1, -0.05) is 6.07 Å². The van der Waals surface area contributed by atoms with E-state index in [9.17, 15) is 0 Å². The Balaban J connectivity index is 1.84. The third kappa shape index (κ3) is 1.92. The first-order valence-electron chi connectivity index (χ1n) is 5.21. The Morgan fingerprint density at radius 1 is 1.18 bits per heavy atom. The maximum absolute atomic E-state index is 4.15. The summed E-state index contributed by atoms with van der Waals surface area (Å²) in [6, 6.07) is 5.74. The van der Waals surface area contributed by atoms with Gasteiger partial charge in [0.25, 0.3) is 0 Å². The molecule has 0 aliphatic heterocycles. The van der Waals surface area contributed by atoms with Crippen molar-refractivity contribution in [2.45, 2.75) is 6.54 Å². The molecule has 3 aromatic heterocycles. The van der Waals surface area contributed by atoms with Crippen LogP contribution in [-0.2, 0) is 6.54 Å². The van der Waals surface area contributed by atoms with E-state index < -0.39 is 0 Å². The second-order valence-electron chi connectivity index (χ2n) is 3.51. The number of anilines is 1. The highest BCUT2D eigenvalue weighted by atomic mass is 15.3. The molecule has 6 nitrogen and oxygen atoms in total. The molecule has 17 heavy (non-hydrogen) atoms. The number of nitrogens with zero attached hydrogens (tertiary/aromatic N) is 5. The highest BCUT2D eigenvalue weighted by molar-refractivity contribution is 5.42. The maximum Gasteiger partial charge on any atom is 0.227 e. The van der Waals surface area contributed by atoms with Crippen molar-refractivity contribution < 1.29 is 0 Å². The van der Waals surface area contributed by atoms with E-state index in [1.807, 2.05) is 24.4 Å². The van der Waals surface area contributed by atoms with Gasteiger partial charge in [0.1, 0.15) is 6.33 Å². The minimum Gasteiger partial charge on any atom is -0.350 e. The molecule has 0 aliphatic rings. The van der Waals surface area contributed by atoms with E-state index >= 15 is 0 Å². The number of rotatable bonds is 3. The molecule has 0 saturated carbocycles. The van der Waals surface area contributed by atoms with Gasteiger partial charge in [-0.2, -0.15) is 9.61 Å². The summed E-state index contributed by atoms with van der Waals surface area (Å²) >= 11 is 0. The van der Waals surface area contributed by atoms with Crippen LogP contribution >= 0.6 is 0 Å². The Kier molecular flexibility index (Phi) is 2.38. The Labute approximate surface area is 97.4 Å². The molecule has 84 valence electrons. The highest BCUT2D eigenvalue weighted by Gasteiger charge is 2.02. The van der Waals surface area contributed by atoms with Gasteiger partial charge in [-0.05, 0) is 11.6 Å². The predicted octanol–water partition coefficient (Wildman–Crippen LogP) is 1.13. The average molecular weight is 226 g/mol. The summed E-state index contributed by atoms with van der Waals surface area (Å²) in [6.07, 6.45) is 6.77. The van der Waals surface area contributed by atoms with Crippen LogP contribution in [0.25, 0.3) is 5.65 Å². The number of hydrogen-bond donors (Lipinski definition) is 1. The third-order valence-electron chi connectivity index (χ3n) is 2.37. The molecule has 0 aliphatic carbocycles. The van der Waals surface area contributed by atoms with Crippen molar-refractivity contribution in [3.8, 4) is 0 Å². The number of aromatic nitrogens is 5. The van der Waals surface area contributed by atoms with Crippen molar-refractivity contribution in [3.63, 3.8) is 0 Å². The Bertz CT molecular complexity index is 618. The molecule has 0 radical (unpaired) electrons. The van der Waals surface area contributed by atoms with Crippen LogP contribution in [0, 0.1) is 0 Å². The maximum atomic E-state index is 4.15. The normalized spacial score (nSPS) is 10.6. The van der Waals surface area contributed by atoms with Crippen molar-refractivity contribution >= 4 is 11.6 Å². The average Bonchev–Trinajstić information content (AvgIpc) is 2.86. The zero-order valence-electron chi connectivity index (χ0n) is 8.98. The first-order chi connectivity index (χ1) is 8.43. The fourth-order valence-corrected chi connectivity index (χ4v) is 1.56. The monoisotopic (exact) mass is 226 g/mol. The van der Waals surface area contributed by atoms with Gasteiger partial charge in [0.15, 0.2) is 5.65 Å². The van der Waals surface area contributed by atoms with E-state index in [4.69, 9.17) is 0 Å². The lowest BCUT2D eigenvalue weighted by Gasteiger charge is -2.06. The summed E-state index contributed by atoms with van der Waals surface area (Å²) in [5, 5.41) is 7.34. The molecule has 0 spiro atoms. The van der Waals surface area contributed by atoms with Crippen LogP contribution in [0.15, 0.2) is 43.1 Å². The van der Waals surface area contributed by atoms with Crippen LogP contribution in [0.4, 0.5) is 5.95 Å². The standard InChI is InChI=1S/C11H10N6/c1-2-9(6-12-4-1)7-13-11-15-8-14-10-3-5-16-17(10)11/h1-6,8H,7H2,(H,13,14,15). The first kappa shape index (κ1) is 9.71. The van der Waals surface area contributed by atoms with Crippen LogP contribution in [-0.4, -0.2) is 24.6 Å². The summed E-state index contributed by atoms with van der Waals surface area (Å²) in [5.41, 5.74) is 1.86. The van der Waals surface area contributed by atoms with Gasteiger partial charge in [0, 0.05) is 25.0 Å². The summed E-state index contributed by atoms with van der Waals surface area (Å²) in [4.78, 5) is 12.3. The van der Waals surface area contributed by atoms with Gasteiger partial charge < -0.3 is 5.32 Å². The molecule has 0 saturated heterocycles. The van der Waals surface area contributed by atoms with Gasteiger partial charge in [-0.25, -0.2) is 9.97 Å². The van der Waals surface area contributed by atoms with Gasteiger partial charge in [0.05, 0.1) is 6.20 Å². The van der Waals surface area contributed by atoms with E-state index in [1.54, 1.807) is 16.9 Å². The minimum atomic E-state index is 0.653. The summed E-state index contributed by atoms with van der Waals surface area (Å²) < 4.78 is 1.66. The van der Waals surface area contributed by atoms with Crippen molar-refractivity contribution in [2.75, 3.05) is 5.32 Å². The molecule has 1 N–H and O–H groups in total. The fraction of sp³-hybridized carbons (Fsp3) is 0.0909. The predicted molar refractivity (Wildman–Crippen MR) is 62.3 cm³/mol. The molecule has 0 bridgehead atoms. The molecule has 0 amide bonds. The summed E-state index contributed by atoms with van der Waals surface area (Å²) in [5.74, 6) is 0.670. The molecule has 0 atom stereocenters. The molecule has 0 fully saturated rings. The van der Waals surface area contributed by atoms with E-state index in [0.29, 0.717) is 12.5 Å². The lowest BCUT2D eigenvalue weighted by Crippen LogP contribution is -2.07. The SMILES string of the molecule is c1cncc(CNc2ncnc3ccnn23)c1. The Morgan fingerprint density at radius 2 is 2.18 bits per heavy atom. The van der Waals surface area contributed by atoms with Crippen LogP contribution in [0.5, 0.6) is 0 Å². The Hall–Kier alpha value is -2.50. The molecule has 0 unspecified atom stereocenters. The zero-order valence-corrected chi connectivity index (χ0v) is 8.98. The zero-order chi connectivity index (χ0) is 11.5. The minimum absolute atomic E-state index is 0.653. The number of fused-ring (bicyclic) bond motifs is 1. The molecule has 6 heteroatoms. The number of nitrogens with one attached hydrogen (secondary N) is 1. The van der Waals surface area contributed by atoms with E-state index in [-0.39, 0.29) is 0 Å². The van der Waals surface area contributed by atoms with Gasteiger partial charge in [-0.3, -0.25) is 4.98 Å². The largest absolute Gasteiger partial charge is 0.350 e. The van der Waals surface area contributed by atoms with Gasteiger partial charge in [-0.15, -0.1) is 0 Å². The molecular weight excluding hydrogens is 216 g/mol. The third-order valence-corrected chi connectivity index (χ3v) is 2.37. The van der Waals surface area contributed by atoms with Crippen molar-refractivity contribution in [1.29, 1.82) is 0 Å². The van der Waals surface area contributed by atoms with E-state index in [2.05, 4.69) is 25.4 Å². The van der Waals surface area contributed by atoms with Crippen molar-refractivity contribution in [2.24, 2.45) is 0 Å². The second kappa shape index (κ2) is 4.17. The summed E-state index contributed by atoms with van der Waals surface area (Å²) in [7, 11) is 0. The molecular formula is C11H10N6. The first-order valence-corrected chi connectivity index (χ1v) is 5.21. The Morgan fingerprint density at radius 3 is 3.06 bits per heavy atom. The van der Waals surface area contributed by atoms with Crippen LogP contribution in [0.2, 0.25) is 0 Å². The topological polar surface area (TPSA) is 68.0 Å².